The van der Waals surface area contributed by atoms with E-state index >= 15 is 0 Å². The highest BCUT2D eigenvalue weighted by Gasteiger charge is 2.29. The first-order valence-electron chi connectivity index (χ1n) is 5.33. The third-order valence-corrected chi connectivity index (χ3v) is 2.37. The predicted octanol–water partition coefficient (Wildman–Crippen LogP) is 1.34. The molecule has 2 unspecified atom stereocenters. The van der Waals surface area contributed by atoms with E-state index in [0.717, 1.165) is 6.42 Å². The van der Waals surface area contributed by atoms with Gasteiger partial charge in [0, 0.05) is 0 Å². The molecule has 1 aromatic rings. The van der Waals surface area contributed by atoms with Gasteiger partial charge in [-0.25, -0.2) is 4.79 Å². The molecule has 0 radical (unpaired) electrons. The summed E-state index contributed by atoms with van der Waals surface area (Å²) in [5, 5.41) is 3.56. The van der Waals surface area contributed by atoms with Crippen LogP contribution in [0.15, 0.2) is 4.52 Å². The molecule has 0 aliphatic carbocycles. The SMILES string of the molecule is CCOC(=O)c1noc(C2CC(C)CO2)n1. The molecule has 0 bridgehead atoms. The van der Waals surface area contributed by atoms with Crippen molar-refractivity contribution in [2.75, 3.05) is 13.2 Å². The zero-order valence-electron chi connectivity index (χ0n) is 9.30. The molecule has 6 heteroatoms. The van der Waals surface area contributed by atoms with Crippen molar-refractivity contribution in [1.82, 2.24) is 10.1 Å². The highest BCUT2D eigenvalue weighted by Crippen LogP contribution is 2.30. The van der Waals surface area contributed by atoms with Gasteiger partial charge in [-0.1, -0.05) is 6.92 Å². The maximum atomic E-state index is 11.3. The summed E-state index contributed by atoms with van der Waals surface area (Å²) in [7, 11) is 0. The summed E-state index contributed by atoms with van der Waals surface area (Å²) in [6.07, 6.45) is 0.649. The molecule has 1 aliphatic heterocycles. The minimum Gasteiger partial charge on any atom is -0.460 e. The number of rotatable bonds is 3. The van der Waals surface area contributed by atoms with Gasteiger partial charge in [0.1, 0.15) is 6.10 Å². The Morgan fingerprint density at radius 3 is 3.06 bits per heavy atom. The largest absolute Gasteiger partial charge is 0.460 e. The van der Waals surface area contributed by atoms with Gasteiger partial charge >= 0.3 is 5.97 Å². The molecule has 16 heavy (non-hydrogen) atoms. The predicted molar refractivity (Wildman–Crippen MR) is 52.7 cm³/mol. The van der Waals surface area contributed by atoms with Gasteiger partial charge in [-0.15, -0.1) is 0 Å². The highest BCUT2D eigenvalue weighted by atomic mass is 16.5. The zero-order chi connectivity index (χ0) is 11.5. The topological polar surface area (TPSA) is 74.5 Å². The normalized spacial score (nSPS) is 24.6. The molecule has 1 fully saturated rings. The van der Waals surface area contributed by atoms with Crippen molar-refractivity contribution in [3.8, 4) is 0 Å². The fourth-order valence-corrected chi connectivity index (χ4v) is 1.60. The van der Waals surface area contributed by atoms with Crippen molar-refractivity contribution >= 4 is 5.97 Å². The minimum absolute atomic E-state index is 0.0417. The molecule has 0 spiro atoms. The van der Waals surface area contributed by atoms with E-state index in [9.17, 15) is 4.79 Å². The summed E-state index contributed by atoms with van der Waals surface area (Å²) >= 11 is 0. The zero-order valence-corrected chi connectivity index (χ0v) is 9.30. The second kappa shape index (κ2) is 4.61. The molecule has 0 saturated carbocycles. The number of carbonyl (C=O) groups is 1. The summed E-state index contributed by atoms with van der Waals surface area (Å²) in [6, 6.07) is 0. The van der Waals surface area contributed by atoms with E-state index in [1.54, 1.807) is 6.92 Å². The average molecular weight is 226 g/mol. The van der Waals surface area contributed by atoms with E-state index in [1.807, 2.05) is 0 Å². The Morgan fingerprint density at radius 2 is 2.44 bits per heavy atom. The van der Waals surface area contributed by atoms with E-state index in [1.165, 1.54) is 0 Å². The lowest BCUT2D eigenvalue weighted by Gasteiger charge is -2.00. The van der Waals surface area contributed by atoms with Crippen LogP contribution < -0.4 is 0 Å². The molecule has 88 valence electrons. The van der Waals surface area contributed by atoms with E-state index < -0.39 is 5.97 Å². The first-order chi connectivity index (χ1) is 7.70. The molecule has 1 aliphatic rings. The first kappa shape index (κ1) is 11.1. The molecule has 1 saturated heterocycles. The monoisotopic (exact) mass is 226 g/mol. The molecule has 6 nitrogen and oxygen atoms in total. The fraction of sp³-hybridized carbons (Fsp3) is 0.700. The van der Waals surface area contributed by atoms with Crippen LogP contribution in [0, 0.1) is 5.92 Å². The van der Waals surface area contributed by atoms with Gasteiger partial charge in [0.15, 0.2) is 0 Å². The first-order valence-corrected chi connectivity index (χ1v) is 5.33. The summed E-state index contributed by atoms with van der Waals surface area (Å²) in [6.45, 7) is 4.78. The summed E-state index contributed by atoms with van der Waals surface area (Å²) in [5.41, 5.74) is 0. The van der Waals surface area contributed by atoms with Crippen LogP contribution in [-0.4, -0.2) is 29.3 Å². The Labute approximate surface area is 92.9 Å². The van der Waals surface area contributed by atoms with Gasteiger partial charge in [0.25, 0.3) is 11.7 Å². The van der Waals surface area contributed by atoms with Crippen LogP contribution in [0.4, 0.5) is 0 Å². The van der Waals surface area contributed by atoms with Crippen LogP contribution in [0.5, 0.6) is 0 Å². The Kier molecular flexibility index (Phi) is 3.19. The number of ether oxygens (including phenoxy) is 2. The van der Waals surface area contributed by atoms with Gasteiger partial charge in [0.2, 0.25) is 0 Å². The van der Waals surface area contributed by atoms with Crippen LogP contribution >= 0.6 is 0 Å². The van der Waals surface area contributed by atoms with Crippen molar-refractivity contribution in [1.29, 1.82) is 0 Å². The maximum absolute atomic E-state index is 11.3. The molecular formula is C10H14N2O4. The number of aromatic nitrogens is 2. The lowest BCUT2D eigenvalue weighted by molar-refractivity contribution is 0.0508. The van der Waals surface area contributed by atoms with Gasteiger partial charge in [-0.2, -0.15) is 4.98 Å². The Hall–Kier alpha value is -1.43. The molecule has 0 aromatic carbocycles. The van der Waals surface area contributed by atoms with E-state index in [-0.39, 0.29) is 11.9 Å². The standard InChI is InChI=1S/C10H14N2O4/c1-3-14-10(13)8-11-9(16-12-8)7-4-6(2)5-15-7/h6-7H,3-5H2,1-2H3. The van der Waals surface area contributed by atoms with Crippen molar-refractivity contribution < 1.29 is 18.8 Å². The van der Waals surface area contributed by atoms with Crippen LogP contribution in [-0.2, 0) is 9.47 Å². The number of esters is 1. The fourth-order valence-electron chi connectivity index (χ4n) is 1.60. The van der Waals surface area contributed by atoms with Crippen LogP contribution in [0.2, 0.25) is 0 Å². The van der Waals surface area contributed by atoms with E-state index in [4.69, 9.17) is 14.0 Å². The molecular weight excluding hydrogens is 212 g/mol. The van der Waals surface area contributed by atoms with E-state index in [2.05, 4.69) is 17.1 Å². The van der Waals surface area contributed by atoms with Gasteiger partial charge in [-0.3, -0.25) is 0 Å². The van der Waals surface area contributed by atoms with Gasteiger partial charge < -0.3 is 14.0 Å². The average Bonchev–Trinajstić information content (AvgIpc) is 2.85. The van der Waals surface area contributed by atoms with Crippen LogP contribution in [0.1, 0.15) is 42.9 Å². The van der Waals surface area contributed by atoms with Gasteiger partial charge in [-0.05, 0) is 24.4 Å². The summed E-state index contributed by atoms with van der Waals surface area (Å²) < 4.78 is 15.2. The molecule has 1 aromatic heterocycles. The second-order valence-electron chi connectivity index (χ2n) is 3.84. The van der Waals surface area contributed by atoms with Crippen molar-refractivity contribution in [3.05, 3.63) is 11.7 Å². The third-order valence-electron chi connectivity index (χ3n) is 2.37. The third kappa shape index (κ3) is 2.21. The molecule has 2 rings (SSSR count). The number of hydrogen-bond acceptors (Lipinski definition) is 6. The maximum Gasteiger partial charge on any atom is 0.379 e. The lowest BCUT2D eigenvalue weighted by atomic mass is 10.1. The second-order valence-corrected chi connectivity index (χ2v) is 3.84. The summed E-state index contributed by atoms with van der Waals surface area (Å²) in [5.74, 6) is 0.221. The lowest BCUT2D eigenvalue weighted by Crippen LogP contribution is -2.07. The molecule has 0 amide bonds. The Bertz CT molecular complexity index is 377. The van der Waals surface area contributed by atoms with Gasteiger partial charge in [0.05, 0.1) is 13.2 Å². The summed E-state index contributed by atoms with van der Waals surface area (Å²) in [4.78, 5) is 15.3. The van der Waals surface area contributed by atoms with E-state index in [0.29, 0.717) is 25.0 Å². The molecule has 2 atom stereocenters. The smallest absolute Gasteiger partial charge is 0.379 e. The Balaban J connectivity index is 2.04. The number of carbonyl (C=O) groups excluding carboxylic acids is 1. The number of nitrogens with zero attached hydrogens (tertiary/aromatic N) is 2. The minimum atomic E-state index is -0.566. The highest BCUT2D eigenvalue weighted by molar-refractivity contribution is 5.84. The number of hydrogen-bond donors (Lipinski definition) is 0. The van der Waals surface area contributed by atoms with Crippen LogP contribution in [0.25, 0.3) is 0 Å². The quantitative estimate of drug-likeness (QED) is 0.724. The molecule has 2 heterocycles. The van der Waals surface area contributed by atoms with Crippen LogP contribution in [0.3, 0.4) is 0 Å². The molecule has 0 N–H and O–H groups in total. The Morgan fingerprint density at radius 1 is 1.62 bits per heavy atom. The van der Waals surface area contributed by atoms with Crippen molar-refractivity contribution in [2.24, 2.45) is 5.92 Å². The van der Waals surface area contributed by atoms with Crippen molar-refractivity contribution in [3.63, 3.8) is 0 Å². The van der Waals surface area contributed by atoms with Crippen molar-refractivity contribution in [2.45, 2.75) is 26.4 Å².